The van der Waals surface area contributed by atoms with Gasteiger partial charge in [0.05, 0.1) is 12.9 Å². The number of amides is 1. The minimum atomic E-state index is -1.04. The van der Waals surface area contributed by atoms with E-state index in [1.54, 1.807) is 24.1 Å². The molecule has 0 aliphatic heterocycles. The molecule has 0 saturated heterocycles. The van der Waals surface area contributed by atoms with Crippen LogP contribution in [-0.2, 0) is 22.6 Å². The van der Waals surface area contributed by atoms with Crippen molar-refractivity contribution in [3.8, 4) is 11.1 Å². The second kappa shape index (κ2) is 15.5. The summed E-state index contributed by atoms with van der Waals surface area (Å²) in [4.78, 5) is 25.1. The Morgan fingerprint density at radius 2 is 1.70 bits per heavy atom. The van der Waals surface area contributed by atoms with E-state index in [2.05, 4.69) is 17.4 Å². The zero-order valence-electron chi connectivity index (χ0n) is 22.1. The van der Waals surface area contributed by atoms with Gasteiger partial charge in [0.25, 0.3) is 5.91 Å². The van der Waals surface area contributed by atoms with Gasteiger partial charge in [-0.2, -0.15) is 11.8 Å². The third kappa shape index (κ3) is 8.39. The molecule has 0 radical (unpaired) electrons. The van der Waals surface area contributed by atoms with Gasteiger partial charge < -0.3 is 19.6 Å². The summed E-state index contributed by atoms with van der Waals surface area (Å²) in [6.07, 6.45) is 4.29. The predicted octanol–water partition coefficient (Wildman–Crippen LogP) is 6.04. The molecule has 0 spiro atoms. The topological polar surface area (TPSA) is 88.8 Å². The first-order valence-electron chi connectivity index (χ1n) is 12.9. The monoisotopic (exact) mass is 551 g/mol. The van der Waals surface area contributed by atoms with Gasteiger partial charge in [-0.25, -0.2) is 4.79 Å². The number of carbonyl (C=O) groups is 2. The third-order valence-corrected chi connectivity index (χ3v) is 7.20. The molecule has 1 heterocycles. The summed E-state index contributed by atoms with van der Waals surface area (Å²) in [5.41, 5.74) is 5.12. The second-order valence-corrected chi connectivity index (χ2v) is 10.3. The Kier molecular flexibility index (Phi) is 12.2. The Bertz CT molecular complexity index is 1380. The number of carboxylic acids is 1. The van der Waals surface area contributed by atoms with Gasteiger partial charge >= 0.3 is 24.8 Å². The Morgan fingerprint density at radius 1 is 0.950 bits per heavy atom. The molecule has 0 fully saturated rings. The fraction of sp³-hybridized carbons (Fsp3) is 0.250. The van der Waals surface area contributed by atoms with Gasteiger partial charge in [0, 0.05) is 12.0 Å². The van der Waals surface area contributed by atoms with E-state index >= 15 is 0 Å². The number of carboxylic acid groups (broad SMARTS) is 1. The van der Waals surface area contributed by atoms with Crippen LogP contribution in [0.15, 0.2) is 95.6 Å². The molecule has 4 aromatic rings. The van der Waals surface area contributed by atoms with E-state index in [-0.39, 0.29) is 25.0 Å². The number of ether oxygens (including phenoxy) is 1. The molecule has 40 heavy (non-hydrogen) atoms. The maximum absolute atomic E-state index is 13.3. The van der Waals surface area contributed by atoms with E-state index < -0.39 is 17.9 Å². The first-order chi connectivity index (χ1) is 19.0. The molecule has 0 bridgehead atoms. The van der Waals surface area contributed by atoms with Crippen LogP contribution in [-0.4, -0.2) is 53.9 Å². The number of nitrogens with one attached hydrogen (secondary N) is 1. The minimum absolute atomic E-state index is 0. The van der Waals surface area contributed by atoms with E-state index in [0.29, 0.717) is 30.8 Å². The molecule has 204 valence electrons. The van der Waals surface area contributed by atoms with Crippen molar-refractivity contribution in [3.05, 3.63) is 119 Å². The maximum atomic E-state index is 13.3. The molecule has 0 aliphatic carbocycles. The first kappa shape index (κ1) is 31.3. The van der Waals surface area contributed by atoms with Gasteiger partial charge in [-0.05, 0) is 77.4 Å². The number of hydrogen-bond acceptors (Lipinski definition) is 5. The Labute approximate surface area is 251 Å². The summed E-state index contributed by atoms with van der Waals surface area (Å²) in [5, 5.41) is 12.3. The number of aryl methyl sites for hydroxylation is 1. The molecule has 6 nitrogen and oxygen atoms in total. The summed E-state index contributed by atoms with van der Waals surface area (Å²) in [6.45, 7) is 2.30. The van der Waals surface area contributed by atoms with Crippen LogP contribution >= 0.6 is 11.8 Å². The van der Waals surface area contributed by atoms with Crippen molar-refractivity contribution >= 4 is 42.5 Å². The Morgan fingerprint density at radius 3 is 2.38 bits per heavy atom. The van der Waals surface area contributed by atoms with Gasteiger partial charge in [0.1, 0.15) is 17.9 Å². The zero-order chi connectivity index (χ0) is 27.6. The standard InChI is InChI=1S/C32H33NO5S.Li.H/c1-22-9-6-7-12-25(22)27-19-24(14-15-26(27)31(34)33-28(32(35)36)16-18-39-2)21-38-30(29-13-8-17-37-29)20-23-10-4-3-5-11-23;;/h3-15,17,19,28,30H,16,18,20-21H2,1-2H3,(H,33,34)(H,35,36);;/t28-,30?;;/m0../s1. The average molecular weight is 552 g/mol. The predicted molar refractivity (Wildman–Crippen MR) is 162 cm³/mol. The molecule has 2 N–H and O–H groups in total. The molecule has 1 aromatic heterocycles. The molecule has 4 rings (SSSR count). The molecule has 1 amide bonds. The summed E-state index contributed by atoms with van der Waals surface area (Å²) in [6, 6.07) is 26.3. The van der Waals surface area contributed by atoms with E-state index in [0.717, 1.165) is 33.6 Å². The molecule has 3 aromatic carbocycles. The van der Waals surface area contributed by atoms with Gasteiger partial charge in [0.15, 0.2) is 0 Å². The Hall–Kier alpha value is -3.21. The van der Waals surface area contributed by atoms with Crippen LogP contribution in [0, 0.1) is 6.92 Å². The number of thioether (sulfide) groups is 1. The van der Waals surface area contributed by atoms with Crippen molar-refractivity contribution in [2.75, 3.05) is 12.0 Å². The second-order valence-electron chi connectivity index (χ2n) is 9.35. The SMILES string of the molecule is CSCC[C@H](NC(=O)c1ccc(COC(Cc2ccccc2)c2ccco2)cc1-c1ccccc1C)C(=O)O.[LiH]. The molecule has 0 aliphatic rings. The van der Waals surface area contributed by atoms with Crippen molar-refractivity contribution in [1.82, 2.24) is 5.32 Å². The van der Waals surface area contributed by atoms with Crippen LogP contribution in [0.2, 0.25) is 0 Å². The van der Waals surface area contributed by atoms with Gasteiger partial charge in [-0.1, -0.05) is 60.7 Å². The zero-order valence-corrected chi connectivity index (χ0v) is 22.9. The number of hydrogen-bond donors (Lipinski definition) is 2. The fourth-order valence-corrected chi connectivity index (χ4v) is 4.92. The van der Waals surface area contributed by atoms with Gasteiger partial charge in [-0.15, -0.1) is 0 Å². The summed E-state index contributed by atoms with van der Waals surface area (Å²) >= 11 is 1.55. The van der Waals surface area contributed by atoms with Crippen molar-refractivity contribution < 1.29 is 23.8 Å². The molecule has 8 heteroatoms. The number of carbonyl (C=O) groups excluding carboxylic acids is 1. The molecular formula is C32H34LiNO5S. The van der Waals surface area contributed by atoms with Crippen LogP contribution in [0.4, 0.5) is 0 Å². The molecule has 2 atom stereocenters. The van der Waals surface area contributed by atoms with Crippen LogP contribution in [0.3, 0.4) is 0 Å². The van der Waals surface area contributed by atoms with Crippen molar-refractivity contribution in [3.63, 3.8) is 0 Å². The Balaban J connectivity index is 0.00000441. The summed E-state index contributed by atoms with van der Waals surface area (Å²) in [7, 11) is 0. The van der Waals surface area contributed by atoms with Crippen LogP contribution < -0.4 is 5.32 Å². The number of furan rings is 1. The van der Waals surface area contributed by atoms with Crippen molar-refractivity contribution in [1.29, 1.82) is 0 Å². The van der Waals surface area contributed by atoms with E-state index in [1.807, 2.05) is 79.9 Å². The summed E-state index contributed by atoms with van der Waals surface area (Å²) in [5.74, 6) is -0.0641. The van der Waals surface area contributed by atoms with Crippen LogP contribution in [0.25, 0.3) is 11.1 Å². The van der Waals surface area contributed by atoms with Crippen LogP contribution in [0.1, 0.15) is 45.3 Å². The van der Waals surface area contributed by atoms with Crippen molar-refractivity contribution in [2.24, 2.45) is 0 Å². The normalized spacial score (nSPS) is 12.2. The molecule has 1 unspecified atom stereocenters. The van der Waals surface area contributed by atoms with E-state index in [4.69, 9.17) is 9.15 Å². The van der Waals surface area contributed by atoms with Crippen molar-refractivity contribution in [2.45, 2.75) is 38.5 Å². The van der Waals surface area contributed by atoms with Crippen LogP contribution in [0.5, 0.6) is 0 Å². The number of rotatable bonds is 13. The van der Waals surface area contributed by atoms with E-state index in [9.17, 15) is 14.7 Å². The average Bonchev–Trinajstić information content (AvgIpc) is 3.49. The fourth-order valence-electron chi connectivity index (χ4n) is 4.45. The summed E-state index contributed by atoms with van der Waals surface area (Å²) < 4.78 is 12.0. The van der Waals surface area contributed by atoms with Gasteiger partial charge in [0.2, 0.25) is 0 Å². The number of aliphatic carboxylic acids is 1. The van der Waals surface area contributed by atoms with Gasteiger partial charge in [-0.3, -0.25) is 4.79 Å². The molecule has 0 saturated carbocycles. The number of benzene rings is 3. The third-order valence-electron chi connectivity index (χ3n) is 6.55. The quantitative estimate of drug-likeness (QED) is 0.197. The first-order valence-corrected chi connectivity index (χ1v) is 14.3. The van der Waals surface area contributed by atoms with E-state index in [1.165, 1.54) is 0 Å². The molecular weight excluding hydrogens is 517 g/mol.